The normalized spacial score (nSPS) is 13.4. The maximum atomic E-state index is 12.1. The molecule has 0 spiro atoms. The molecule has 0 saturated carbocycles. The van der Waals surface area contributed by atoms with Gasteiger partial charge in [-0.2, -0.15) is 11.8 Å². The van der Waals surface area contributed by atoms with Crippen LogP contribution in [0.2, 0.25) is 0 Å². The summed E-state index contributed by atoms with van der Waals surface area (Å²) < 4.78 is 26.8. The first-order valence-electron chi connectivity index (χ1n) is 6.27. The summed E-state index contributed by atoms with van der Waals surface area (Å²) in [4.78, 5) is 0.310. The van der Waals surface area contributed by atoms with Crippen LogP contribution in [-0.2, 0) is 16.4 Å². The second-order valence-electron chi connectivity index (χ2n) is 4.60. The fourth-order valence-corrected chi connectivity index (χ4v) is 3.53. The van der Waals surface area contributed by atoms with Gasteiger partial charge in [-0.1, -0.05) is 19.1 Å². The number of rotatable bonds is 8. The fourth-order valence-electron chi connectivity index (χ4n) is 1.68. The molecular formula is C13H22N2O2S2. The Morgan fingerprint density at radius 3 is 2.47 bits per heavy atom. The predicted octanol–water partition coefficient (Wildman–Crippen LogP) is 1.47. The van der Waals surface area contributed by atoms with Gasteiger partial charge in [0.15, 0.2) is 0 Å². The van der Waals surface area contributed by atoms with Crippen LogP contribution in [0.5, 0.6) is 0 Å². The maximum absolute atomic E-state index is 12.1. The van der Waals surface area contributed by atoms with E-state index in [2.05, 4.69) is 4.72 Å². The van der Waals surface area contributed by atoms with Crippen LogP contribution in [0, 0.1) is 5.92 Å². The third kappa shape index (κ3) is 5.52. The van der Waals surface area contributed by atoms with E-state index in [-0.39, 0.29) is 0 Å². The summed E-state index contributed by atoms with van der Waals surface area (Å²) in [7, 11) is -3.40. The standard InChI is InChI=1S/C13H22N2O2S2/c1-11(10-18-2)9-15-19(16,17)13-5-3-12(4-6-13)7-8-14/h3-6,11,15H,7-10,14H2,1-2H3. The van der Waals surface area contributed by atoms with Gasteiger partial charge in [0.1, 0.15) is 0 Å². The molecule has 0 saturated heterocycles. The molecule has 0 aromatic heterocycles. The molecule has 0 fully saturated rings. The van der Waals surface area contributed by atoms with Gasteiger partial charge in [0.25, 0.3) is 0 Å². The van der Waals surface area contributed by atoms with E-state index in [1.54, 1.807) is 23.9 Å². The van der Waals surface area contributed by atoms with E-state index in [4.69, 9.17) is 5.73 Å². The molecule has 0 aliphatic heterocycles. The lowest BCUT2D eigenvalue weighted by atomic mass is 10.2. The Bertz CT molecular complexity index is 472. The highest BCUT2D eigenvalue weighted by Crippen LogP contribution is 2.12. The van der Waals surface area contributed by atoms with E-state index in [1.807, 2.05) is 25.3 Å². The Kier molecular flexibility index (Phi) is 6.85. The van der Waals surface area contributed by atoms with Gasteiger partial charge in [0, 0.05) is 6.54 Å². The number of benzene rings is 1. The van der Waals surface area contributed by atoms with Crippen molar-refractivity contribution >= 4 is 21.8 Å². The van der Waals surface area contributed by atoms with Gasteiger partial charge in [-0.05, 0) is 48.6 Å². The van der Waals surface area contributed by atoms with Gasteiger partial charge in [-0.25, -0.2) is 13.1 Å². The van der Waals surface area contributed by atoms with Crippen molar-refractivity contribution in [2.75, 3.05) is 25.1 Å². The number of hydrogen-bond donors (Lipinski definition) is 2. The molecule has 0 amide bonds. The summed E-state index contributed by atoms with van der Waals surface area (Å²) in [5.74, 6) is 1.26. The zero-order chi connectivity index (χ0) is 14.3. The lowest BCUT2D eigenvalue weighted by molar-refractivity contribution is 0.562. The highest BCUT2D eigenvalue weighted by atomic mass is 32.2. The summed E-state index contributed by atoms with van der Waals surface area (Å²) in [5, 5.41) is 0. The molecule has 1 atom stereocenters. The van der Waals surface area contributed by atoms with Crippen molar-refractivity contribution in [1.29, 1.82) is 0 Å². The quantitative estimate of drug-likeness (QED) is 0.763. The van der Waals surface area contributed by atoms with Gasteiger partial charge in [-0.15, -0.1) is 0 Å². The molecule has 4 nitrogen and oxygen atoms in total. The molecule has 0 radical (unpaired) electrons. The van der Waals surface area contributed by atoms with Crippen molar-refractivity contribution in [3.63, 3.8) is 0 Å². The summed E-state index contributed by atoms with van der Waals surface area (Å²) in [6.07, 6.45) is 2.78. The first kappa shape index (κ1) is 16.5. The van der Waals surface area contributed by atoms with Crippen molar-refractivity contribution in [2.45, 2.75) is 18.2 Å². The number of thioether (sulfide) groups is 1. The molecule has 1 unspecified atom stereocenters. The van der Waals surface area contributed by atoms with Crippen molar-refractivity contribution in [2.24, 2.45) is 11.7 Å². The van der Waals surface area contributed by atoms with Crippen molar-refractivity contribution < 1.29 is 8.42 Å². The molecule has 108 valence electrons. The zero-order valence-electron chi connectivity index (χ0n) is 11.4. The molecule has 1 aromatic rings. The van der Waals surface area contributed by atoms with E-state index in [1.165, 1.54) is 0 Å². The Morgan fingerprint density at radius 1 is 1.32 bits per heavy atom. The SMILES string of the molecule is CSCC(C)CNS(=O)(=O)c1ccc(CCN)cc1. The number of nitrogens with two attached hydrogens (primary N) is 1. The van der Waals surface area contributed by atoms with E-state index < -0.39 is 10.0 Å². The average molecular weight is 302 g/mol. The average Bonchev–Trinajstić information content (AvgIpc) is 2.38. The summed E-state index contributed by atoms with van der Waals surface area (Å²) in [5.41, 5.74) is 6.51. The molecule has 6 heteroatoms. The zero-order valence-corrected chi connectivity index (χ0v) is 13.1. The van der Waals surface area contributed by atoms with Gasteiger partial charge in [0.2, 0.25) is 10.0 Å². The largest absolute Gasteiger partial charge is 0.330 e. The lowest BCUT2D eigenvalue weighted by Crippen LogP contribution is -2.29. The lowest BCUT2D eigenvalue weighted by Gasteiger charge is -2.12. The molecule has 0 aliphatic carbocycles. The minimum Gasteiger partial charge on any atom is -0.330 e. The Morgan fingerprint density at radius 2 is 1.95 bits per heavy atom. The molecule has 3 N–H and O–H groups in total. The monoisotopic (exact) mass is 302 g/mol. The van der Waals surface area contributed by atoms with Gasteiger partial charge in [-0.3, -0.25) is 0 Å². The minimum atomic E-state index is -3.40. The summed E-state index contributed by atoms with van der Waals surface area (Å²) >= 11 is 1.72. The second kappa shape index (κ2) is 7.89. The number of nitrogens with one attached hydrogen (secondary N) is 1. The first-order chi connectivity index (χ1) is 8.99. The van der Waals surface area contributed by atoms with E-state index in [0.29, 0.717) is 23.9 Å². The Hall–Kier alpha value is -0.560. The van der Waals surface area contributed by atoms with Crippen LogP contribution in [0.15, 0.2) is 29.2 Å². The third-order valence-corrected chi connectivity index (χ3v) is 5.08. The van der Waals surface area contributed by atoms with E-state index >= 15 is 0 Å². The number of sulfonamides is 1. The molecule has 0 heterocycles. The highest BCUT2D eigenvalue weighted by Gasteiger charge is 2.14. The topological polar surface area (TPSA) is 72.2 Å². The molecule has 0 aliphatic rings. The Labute approximate surface area is 120 Å². The molecule has 19 heavy (non-hydrogen) atoms. The van der Waals surface area contributed by atoms with Crippen molar-refractivity contribution in [3.05, 3.63) is 29.8 Å². The molecule has 1 aromatic carbocycles. The third-order valence-electron chi connectivity index (χ3n) is 2.74. The van der Waals surface area contributed by atoms with Crippen molar-refractivity contribution in [3.8, 4) is 0 Å². The summed E-state index contributed by atoms with van der Waals surface area (Å²) in [6.45, 7) is 3.06. The summed E-state index contributed by atoms with van der Waals surface area (Å²) in [6, 6.07) is 6.89. The van der Waals surface area contributed by atoms with Gasteiger partial charge < -0.3 is 5.73 Å². The van der Waals surface area contributed by atoms with Crippen molar-refractivity contribution in [1.82, 2.24) is 4.72 Å². The van der Waals surface area contributed by atoms with Crippen LogP contribution >= 0.6 is 11.8 Å². The van der Waals surface area contributed by atoms with Crippen LogP contribution < -0.4 is 10.5 Å². The molecule has 0 bridgehead atoms. The molecule has 1 rings (SSSR count). The predicted molar refractivity (Wildman–Crippen MR) is 81.9 cm³/mol. The van der Waals surface area contributed by atoms with E-state index in [9.17, 15) is 8.42 Å². The van der Waals surface area contributed by atoms with Gasteiger partial charge in [0.05, 0.1) is 4.90 Å². The second-order valence-corrected chi connectivity index (χ2v) is 7.27. The fraction of sp³-hybridized carbons (Fsp3) is 0.538. The smallest absolute Gasteiger partial charge is 0.240 e. The Balaban J connectivity index is 2.66. The van der Waals surface area contributed by atoms with Gasteiger partial charge >= 0.3 is 0 Å². The van der Waals surface area contributed by atoms with Crippen LogP contribution in [-0.4, -0.2) is 33.5 Å². The maximum Gasteiger partial charge on any atom is 0.240 e. The molecular weight excluding hydrogens is 280 g/mol. The van der Waals surface area contributed by atoms with Crippen LogP contribution in [0.3, 0.4) is 0 Å². The minimum absolute atomic E-state index is 0.310. The van der Waals surface area contributed by atoms with E-state index in [0.717, 1.165) is 17.7 Å². The number of hydrogen-bond acceptors (Lipinski definition) is 4. The first-order valence-corrected chi connectivity index (χ1v) is 9.15. The highest BCUT2D eigenvalue weighted by molar-refractivity contribution is 7.98. The van der Waals surface area contributed by atoms with Crippen LogP contribution in [0.4, 0.5) is 0 Å². The van der Waals surface area contributed by atoms with Crippen LogP contribution in [0.1, 0.15) is 12.5 Å². The van der Waals surface area contributed by atoms with Crippen LogP contribution in [0.25, 0.3) is 0 Å².